The third kappa shape index (κ3) is 11.6. The molecule has 0 aliphatic heterocycles. The topological polar surface area (TPSA) is 47.3 Å². The van der Waals surface area contributed by atoms with Gasteiger partial charge in [-0.25, -0.2) is 0 Å². The molecule has 0 aromatic rings. The van der Waals surface area contributed by atoms with Crippen molar-refractivity contribution in [3.05, 3.63) is 0 Å². The minimum absolute atomic E-state index is 0.0680. The highest BCUT2D eigenvalue weighted by molar-refractivity contribution is 4.65. The van der Waals surface area contributed by atoms with Crippen LogP contribution in [0.3, 0.4) is 0 Å². The summed E-state index contributed by atoms with van der Waals surface area (Å²) in [5.74, 6) is 0. The zero-order valence-electron chi connectivity index (χ0n) is 8.94. The molecule has 0 bridgehead atoms. The molecule has 0 amide bonds. The second kappa shape index (κ2) is 7.90. The van der Waals surface area contributed by atoms with Crippen LogP contribution in [0, 0.1) is 0 Å². The van der Waals surface area contributed by atoms with E-state index in [2.05, 4.69) is 5.32 Å². The highest BCUT2D eigenvalue weighted by Gasteiger charge is 2.25. The molecule has 6 heteroatoms. The van der Waals surface area contributed by atoms with Gasteiger partial charge in [0, 0.05) is 32.8 Å². The fraction of sp³-hybridized carbons (Fsp3) is 1.00. The average Bonchev–Trinajstić information content (AvgIpc) is 2.11. The maximum absolute atomic E-state index is 11.7. The molecule has 0 aromatic carbocycles. The molecule has 0 spiro atoms. The zero-order chi connectivity index (χ0) is 11.7. The Kier molecular flexibility index (Phi) is 7.72. The molecule has 15 heavy (non-hydrogen) atoms. The number of nitrogens with one attached hydrogen (secondary N) is 1. The number of alkyl halides is 3. The van der Waals surface area contributed by atoms with Gasteiger partial charge in [0.05, 0.1) is 6.42 Å². The minimum Gasteiger partial charge on any atom is -0.385 e. The lowest BCUT2D eigenvalue weighted by Gasteiger charge is -2.13. The molecule has 0 radical (unpaired) electrons. The number of halogens is 3. The molecular formula is C9H19F3N2O. The lowest BCUT2D eigenvalue weighted by molar-refractivity contribution is -0.133. The molecule has 3 N–H and O–H groups in total. The fourth-order valence-electron chi connectivity index (χ4n) is 1.11. The van der Waals surface area contributed by atoms with Crippen molar-refractivity contribution in [1.29, 1.82) is 0 Å². The van der Waals surface area contributed by atoms with Gasteiger partial charge in [-0.15, -0.1) is 0 Å². The van der Waals surface area contributed by atoms with Crippen LogP contribution >= 0.6 is 0 Å². The van der Waals surface area contributed by atoms with Crippen LogP contribution in [0.25, 0.3) is 0 Å². The lowest BCUT2D eigenvalue weighted by atomic mass is 10.2. The molecule has 1 atom stereocenters. The monoisotopic (exact) mass is 228 g/mol. The Bertz CT molecular complexity index is 153. The van der Waals surface area contributed by atoms with Crippen molar-refractivity contribution >= 4 is 0 Å². The Morgan fingerprint density at radius 2 is 2.07 bits per heavy atom. The zero-order valence-corrected chi connectivity index (χ0v) is 8.94. The van der Waals surface area contributed by atoms with Gasteiger partial charge in [0.1, 0.15) is 0 Å². The second-order valence-electron chi connectivity index (χ2n) is 3.46. The van der Waals surface area contributed by atoms with Gasteiger partial charge >= 0.3 is 6.18 Å². The van der Waals surface area contributed by atoms with Crippen LogP contribution in [0.15, 0.2) is 0 Å². The van der Waals surface area contributed by atoms with Crippen molar-refractivity contribution in [3.8, 4) is 0 Å². The van der Waals surface area contributed by atoms with Crippen molar-refractivity contribution in [2.45, 2.75) is 31.5 Å². The first-order chi connectivity index (χ1) is 6.95. The summed E-state index contributed by atoms with van der Waals surface area (Å²) in [6, 6.07) is -0.103. The van der Waals surface area contributed by atoms with Crippen molar-refractivity contribution in [2.75, 3.05) is 26.8 Å². The number of hydrogen-bond donors (Lipinski definition) is 2. The summed E-state index contributed by atoms with van der Waals surface area (Å²) in [4.78, 5) is 0. The number of ether oxygens (including phenoxy) is 1. The Hall–Kier alpha value is -0.330. The third-order valence-electron chi connectivity index (χ3n) is 1.92. The second-order valence-corrected chi connectivity index (χ2v) is 3.46. The number of nitrogens with two attached hydrogens (primary N) is 1. The standard InChI is InChI=1S/C9H19F3N2O/c1-15-6-2-3-8(13)7-14-5-4-9(10,11)12/h8,14H,2-7,13H2,1H3. The molecule has 1 unspecified atom stereocenters. The normalized spacial score (nSPS) is 14.2. The van der Waals surface area contributed by atoms with Gasteiger partial charge in [-0.2, -0.15) is 13.2 Å². The molecule has 3 nitrogen and oxygen atoms in total. The van der Waals surface area contributed by atoms with Gasteiger partial charge in [0.15, 0.2) is 0 Å². The maximum atomic E-state index is 11.7. The third-order valence-corrected chi connectivity index (χ3v) is 1.92. The van der Waals surface area contributed by atoms with E-state index in [1.54, 1.807) is 7.11 Å². The Morgan fingerprint density at radius 3 is 2.60 bits per heavy atom. The molecular weight excluding hydrogens is 209 g/mol. The largest absolute Gasteiger partial charge is 0.390 e. The SMILES string of the molecule is COCCCC(N)CNCCC(F)(F)F. The summed E-state index contributed by atoms with van der Waals surface area (Å²) >= 11 is 0. The first-order valence-corrected chi connectivity index (χ1v) is 4.97. The summed E-state index contributed by atoms with van der Waals surface area (Å²) in [6.45, 7) is 0.984. The van der Waals surface area contributed by atoms with Crippen LogP contribution in [0.4, 0.5) is 13.2 Å². The van der Waals surface area contributed by atoms with E-state index in [9.17, 15) is 13.2 Å². The highest BCUT2D eigenvalue weighted by atomic mass is 19.4. The van der Waals surface area contributed by atoms with Gasteiger partial charge in [0.2, 0.25) is 0 Å². The molecule has 0 saturated heterocycles. The van der Waals surface area contributed by atoms with E-state index in [1.165, 1.54) is 0 Å². The lowest BCUT2D eigenvalue weighted by Crippen LogP contribution is -2.35. The average molecular weight is 228 g/mol. The molecule has 0 rings (SSSR count). The molecule has 0 aliphatic rings. The van der Waals surface area contributed by atoms with Crippen LogP contribution in [0.2, 0.25) is 0 Å². The van der Waals surface area contributed by atoms with Crippen LogP contribution in [0.5, 0.6) is 0 Å². The van der Waals surface area contributed by atoms with Crippen LogP contribution in [-0.4, -0.2) is 39.0 Å². The smallest absolute Gasteiger partial charge is 0.385 e. The molecule has 0 aromatic heterocycles. The van der Waals surface area contributed by atoms with Gasteiger partial charge in [-0.05, 0) is 12.8 Å². The van der Waals surface area contributed by atoms with Crippen LogP contribution in [0.1, 0.15) is 19.3 Å². The van der Waals surface area contributed by atoms with E-state index >= 15 is 0 Å². The maximum Gasteiger partial charge on any atom is 0.390 e. The van der Waals surface area contributed by atoms with Gasteiger partial charge in [-0.3, -0.25) is 0 Å². The van der Waals surface area contributed by atoms with Crippen molar-refractivity contribution in [3.63, 3.8) is 0 Å². The quantitative estimate of drug-likeness (QED) is 0.615. The fourth-order valence-corrected chi connectivity index (χ4v) is 1.11. The Balaban J connectivity index is 3.27. The molecule has 0 saturated carbocycles. The van der Waals surface area contributed by atoms with Gasteiger partial charge in [0.25, 0.3) is 0 Å². The summed E-state index contributed by atoms with van der Waals surface area (Å²) < 4.78 is 40.1. The predicted molar refractivity (Wildman–Crippen MR) is 52.6 cm³/mol. The highest BCUT2D eigenvalue weighted by Crippen LogP contribution is 2.17. The summed E-state index contributed by atoms with van der Waals surface area (Å²) in [5, 5.41) is 2.68. The van der Waals surface area contributed by atoms with Crippen molar-refractivity contribution in [2.24, 2.45) is 5.73 Å². The van der Waals surface area contributed by atoms with E-state index in [-0.39, 0.29) is 12.6 Å². The molecule has 0 fully saturated rings. The van der Waals surface area contributed by atoms with Crippen LogP contribution < -0.4 is 11.1 Å². The summed E-state index contributed by atoms with van der Waals surface area (Å²) in [5.41, 5.74) is 5.66. The summed E-state index contributed by atoms with van der Waals surface area (Å²) in [7, 11) is 1.60. The van der Waals surface area contributed by atoms with E-state index in [0.29, 0.717) is 13.2 Å². The Labute approximate surface area is 88.2 Å². The molecule has 0 heterocycles. The first-order valence-electron chi connectivity index (χ1n) is 4.97. The Morgan fingerprint density at radius 1 is 1.40 bits per heavy atom. The number of hydrogen-bond acceptors (Lipinski definition) is 3. The van der Waals surface area contributed by atoms with E-state index in [4.69, 9.17) is 10.5 Å². The van der Waals surface area contributed by atoms with E-state index < -0.39 is 12.6 Å². The number of methoxy groups -OCH3 is 1. The van der Waals surface area contributed by atoms with Crippen molar-refractivity contribution in [1.82, 2.24) is 5.32 Å². The van der Waals surface area contributed by atoms with Crippen molar-refractivity contribution < 1.29 is 17.9 Å². The predicted octanol–water partition coefficient (Wildman–Crippen LogP) is 1.28. The molecule has 0 aliphatic carbocycles. The van der Waals surface area contributed by atoms with E-state index in [0.717, 1.165) is 12.8 Å². The first kappa shape index (κ1) is 14.7. The summed E-state index contributed by atoms with van der Waals surface area (Å²) in [6.07, 6.45) is -3.31. The van der Waals surface area contributed by atoms with E-state index in [1.807, 2.05) is 0 Å². The minimum atomic E-state index is -4.09. The van der Waals surface area contributed by atoms with Gasteiger partial charge in [-0.1, -0.05) is 0 Å². The van der Waals surface area contributed by atoms with Crippen LogP contribution in [-0.2, 0) is 4.74 Å². The van der Waals surface area contributed by atoms with Gasteiger partial charge < -0.3 is 15.8 Å². The molecule has 92 valence electrons. The number of rotatable bonds is 8.